The molecule has 118 valence electrons. The number of imidazole rings is 1. The lowest BCUT2D eigenvalue weighted by Gasteiger charge is -2.07. The van der Waals surface area contributed by atoms with Crippen LogP contribution in [-0.2, 0) is 6.18 Å². The van der Waals surface area contributed by atoms with Crippen LogP contribution in [0.3, 0.4) is 0 Å². The maximum atomic E-state index is 12.6. The van der Waals surface area contributed by atoms with Gasteiger partial charge in [-0.05, 0) is 36.0 Å². The molecule has 8 heteroatoms. The van der Waals surface area contributed by atoms with Crippen molar-refractivity contribution in [1.29, 1.82) is 0 Å². The molecule has 0 saturated heterocycles. The molecule has 3 aromatic heterocycles. The van der Waals surface area contributed by atoms with Gasteiger partial charge in [0.1, 0.15) is 10.8 Å². The van der Waals surface area contributed by atoms with E-state index >= 15 is 0 Å². The summed E-state index contributed by atoms with van der Waals surface area (Å²) in [5, 5.41) is 4.49. The second-order valence-corrected chi connectivity index (χ2v) is 5.93. The Bertz CT molecular complexity index is 873. The lowest BCUT2D eigenvalue weighted by atomic mass is 10.1. The van der Waals surface area contributed by atoms with Crippen LogP contribution in [0.15, 0.2) is 36.8 Å². The molecule has 0 spiro atoms. The molecular weight excluding hydrogens is 329 g/mol. The van der Waals surface area contributed by atoms with Gasteiger partial charge in [-0.25, -0.2) is 9.50 Å². The molecule has 0 aliphatic heterocycles. The van der Waals surface area contributed by atoms with Crippen LogP contribution in [0, 0.1) is 0 Å². The van der Waals surface area contributed by atoms with Crippen LogP contribution in [0.1, 0.15) is 35.1 Å². The van der Waals surface area contributed by atoms with Crippen molar-refractivity contribution in [2.45, 2.75) is 24.4 Å². The van der Waals surface area contributed by atoms with Crippen LogP contribution >= 0.6 is 11.6 Å². The third-order valence-electron chi connectivity index (χ3n) is 4.05. The Kier molecular flexibility index (Phi) is 3.09. The Hall–Kier alpha value is -2.15. The quantitative estimate of drug-likeness (QED) is 0.707. The van der Waals surface area contributed by atoms with Gasteiger partial charge in [-0.1, -0.05) is 17.7 Å². The average molecular weight is 339 g/mol. The van der Waals surface area contributed by atoms with Crippen molar-refractivity contribution in [2.75, 3.05) is 0 Å². The minimum absolute atomic E-state index is 0.128. The van der Waals surface area contributed by atoms with E-state index in [2.05, 4.69) is 15.1 Å². The normalized spacial score (nSPS) is 20.9. The molecule has 1 saturated carbocycles. The topological polar surface area (TPSA) is 43.1 Å². The Morgan fingerprint density at radius 1 is 1.17 bits per heavy atom. The number of alkyl halides is 3. The molecule has 3 heterocycles. The number of fused-ring (bicyclic) bond motifs is 1. The summed E-state index contributed by atoms with van der Waals surface area (Å²) in [6.07, 6.45) is 1.07. The van der Waals surface area contributed by atoms with E-state index in [9.17, 15) is 13.2 Å². The average Bonchev–Trinajstić information content (AvgIpc) is 3.16. The molecule has 0 bridgehead atoms. The van der Waals surface area contributed by atoms with E-state index in [4.69, 9.17) is 11.6 Å². The number of hydrogen-bond acceptors (Lipinski definition) is 3. The number of aromatic nitrogens is 4. The predicted octanol–water partition coefficient (Wildman–Crippen LogP) is 4.07. The molecule has 4 rings (SSSR count). The first-order valence-electron chi connectivity index (χ1n) is 6.96. The Labute approximate surface area is 133 Å². The molecule has 1 aliphatic rings. The van der Waals surface area contributed by atoms with Gasteiger partial charge in [-0.2, -0.15) is 18.3 Å². The molecule has 0 aromatic carbocycles. The number of halogens is 4. The number of rotatable bonds is 2. The van der Waals surface area contributed by atoms with Crippen LogP contribution in [0.4, 0.5) is 13.2 Å². The van der Waals surface area contributed by atoms with Crippen molar-refractivity contribution < 1.29 is 13.2 Å². The number of hydrogen-bond donors (Lipinski definition) is 0. The molecule has 1 fully saturated rings. The summed E-state index contributed by atoms with van der Waals surface area (Å²) >= 11 is 6.02. The number of pyridine rings is 1. The summed E-state index contributed by atoms with van der Waals surface area (Å²) in [4.78, 5) is 7.80. The van der Waals surface area contributed by atoms with Gasteiger partial charge in [0.25, 0.3) is 0 Å². The first-order chi connectivity index (χ1) is 10.9. The monoisotopic (exact) mass is 338 g/mol. The highest BCUT2D eigenvalue weighted by molar-refractivity contribution is 6.29. The highest BCUT2D eigenvalue weighted by atomic mass is 35.5. The lowest BCUT2D eigenvalue weighted by molar-refractivity contribution is -0.141. The Morgan fingerprint density at radius 3 is 2.70 bits per heavy atom. The van der Waals surface area contributed by atoms with Crippen molar-refractivity contribution in [3.05, 3.63) is 58.8 Å². The molecule has 0 N–H and O–H groups in total. The third-order valence-corrected chi connectivity index (χ3v) is 4.24. The highest BCUT2D eigenvalue weighted by Crippen LogP contribution is 2.55. The van der Waals surface area contributed by atoms with Crippen molar-refractivity contribution in [1.82, 2.24) is 19.6 Å². The first-order valence-corrected chi connectivity index (χ1v) is 7.34. The molecule has 1 aliphatic carbocycles. The maximum Gasteiger partial charge on any atom is 0.433 e. The van der Waals surface area contributed by atoms with E-state index in [1.165, 1.54) is 12.3 Å². The maximum absolute atomic E-state index is 12.6. The molecular formula is C15H10ClF3N4. The summed E-state index contributed by atoms with van der Waals surface area (Å²) in [5.41, 5.74) is 1.60. The molecule has 4 nitrogen and oxygen atoms in total. The molecule has 0 amide bonds. The van der Waals surface area contributed by atoms with Gasteiger partial charge >= 0.3 is 6.18 Å². The predicted molar refractivity (Wildman–Crippen MR) is 77.3 cm³/mol. The van der Waals surface area contributed by atoms with E-state index in [0.717, 1.165) is 29.3 Å². The van der Waals surface area contributed by atoms with E-state index in [0.29, 0.717) is 5.15 Å². The first kappa shape index (κ1) is 14.4. The number of nitrogens with zero attached hydrogens (tertiary/aromatic N) is 4. The second kappa shape index (κ2) is 4.92. The summed E-state index contributed by atoms with van der Waals surface area (Å²) < 4.78 is 39.3. The van der Waals surface area contributed by atoms with Crippen LogP contribution in [0.25, 0.3) is 5.65 Å². The molecule has 2 unspecified atom stereocenters. The van der Waals surface area contributed by atoms with E-state index in [1.54, 1.807) is 23.0 Å². The van der Waals surface area contributed by atoms with Gasteiger partial charge in [-0.3, -0.25) is 4.98 Å². The zero-order valence-corrected chi connectivity index (χ0v) is 12.4. The minimum Gasteiger partial charge on any atom is -0.251 e. The van der Waals surface area contributed by atoms with Crippen molar-refractivity contribution in [3.63, 3.8) is 0 Å². The fraction of sp³-hybridized carbons (Fsp3) is 0.267. The van der Waals surface area contributed by atoms with Gasteiger partial charge < -0.3 is 0 Å². The molecule has 2 atom stereocenters. The van der Waals surface area contributed by atoms with E-state index < -0.39 is 11.9 Å². The van der Waals surface area contributed by atoms with Crippen LogP contribution in [-0.4, -0.2) is 19.6 Å². The summed E-state index contributed by atoms with van der Waals surface area (Å²) in [6, 6.07) is 4.29. The van der Waals surface area contributed by atoms with E-state index in [1.807, 2.05) is 0 Å². The highest BCUT2D eigenvalue weighted by Gasteiger charge is 2.42. The van der Waals surface area contributed by atoms with Crippen LogP contribution in [0.2, 0.25) is 5.15 Å². The Morgan fingerprint density at radius 2 is 2.00 bits per heavy atom. The fourth-order valence-corrected chi connectivity index (χ4v) is 3.08. The van der Waals surface area contributed by atoms with Crippen LogP contribution in [0.5, 0.6) is 0 Å². The standard InChI is InChI=1S/C15H10ClF3N4/c16-13-6-11(14-20-3-4-23(14)22-13)10-5-9(10)8-1-2-12(21-7-8)15(17,18)19/h1-4,6-7,9-10H,5H2. The van der Waals surface area contributed by atoms with Gasteiger partial charge in [0.2, 0.25) is 0 Å². The van der Waals surface area contributed by atoms with E-state index in [-0.39, 0.29) is 11.8 Å². The summed E-state index contributed by atoms with van der Waals surface area (Å²) in [5.74, 6) is 0.294. The molecule has 3 aromatic rings. The smallest absolute Gasteiger partial charge is 0.251 e. The van der Waals surface area contributed by atoms with Gasteiger partial charge in [0, 0.05) is 24.2 Å². The second-order valence-electron chi connectivity index (χ2n) is 5.54. The molecule has 23 heavy (non-hydrogen) atoms. The van der Waals surface area contributed by atoms with Gasteiger partial charge in [-0.15, -0.1) is 0 Å². The van der Waals surface area contributed by atoms with Crippen molar-refractivity contribution in [2.24, 2.45) is 0 Å². The zero-order chi connectivity index (χ0) is 16.2. The lowest BCUT2D eigenvalue weighted by Crippen LogP contribution is -2.07. The van der Waals surface area contributed by atoms with Crippen LogP contribution < -0.4 is 0 Å². The Balaban J connectivity index is 1.63. The summed E-state index contributed by atoms with van der Waals surface area (Å²) in [7, 11) is 0. The molecule has 0 radical (unpaired) electrons. The summed E-state index contributed by atoms with van der Waals surface area (Å²) in [6.45, 7) is 0. The minimum atomic E-state index is -4.41. The zero-order valence-electron chi connectivity index (χ0n) is 11.6. The van der Waals surface area contributed by atoms with Crippen molar-refractivity contribution in [3.8, 4) is 0 Å². The SMILES string of the molecule is FC(F)(F)c1ccc(C2CC2c2cc(Cl)nn3ccnc23)cn1. The third kappa shape index (κ3) is 2.55. The largest absolute Gasteiger partial charge is 0.433 e. The van der Waals surface area contributed by atoms with Gasteiger partial charge in [0.05, 0.1) is 0 Å². The fourth-order valence-electron chi connectivity index (χ4n) is 2.88. The van der Waals surface area contributed by atoms with Gasteiger partial charge in [0.15, 0.2) is 5.65 Å². The van der Waals surface area contributed by atoms with Crippen molar-refractivity contribution >= 4 is 17.2 Å².